The van der Waals surface area contributed by atoms with Crippen LogP contribution in [0.15, 0.2) is 30.3 Å². The third-order valence-electron chi connectivity index (χ3n) is 4.76. The molecule has 116 valence electrons. The highest BCUT2D eigenvalue weighted by Gasteiger charge is 2.42. The second kappa shape index (κ2) is 5.93. The van der Waals surface area contributed by atoms with Crippen molar-refractivity contribution >= 4 is 14.2 Å². The van der Waals surface area contributed by atoms with Crippen molar-refractivity contribution < 1.29 is 9.22 Å². The number of nitrogens with one attached hydrogen (secondary N) is 1. The van der Waals surface area contributed by atoms with E-state index in [-0.39, 0.29) is 23.1 Å². The zero-order valence-corrected chi connectivity index (χ0v) is 14.8. The van der Waals surface area contributed by atoms with Gasteiger partial charge in [0.05, 0.1) is 12.1 Å². The topological polar surface area (TPSA) is 38.3 Å². The van der Waals surface area contributed by atoms with Crippen LogP contribution in [-0.2, 0) is 9.22 Å². The molecular weight excluding hydrogens is 278 g/mol. The summed E-state index contributed by atoms with van der Waals surface area (Å²) in [7, 11) is -1.84. The normalized spacial score (nSPS) is 23.8. The van der Waals surface area contributed by atoms with Gasteiger partial charge in [-0.05, 0) is 30.1 Å². The first-order valence-electron chi connectivity index (χ1n) is 7.73. The van der Waals surface area contributed by atoms with Crippen molar-refractivity contribution in [1.82, 2.24) is 5.32 Å². The summed E-state index contributed by atoms with van der Waals surface area (Å²) in [4.78, 5) is 11.8. The van der Waals surface area contributed by atoms with E-state index >= 15 is 0 Å². The predicted molar refractivity (Wildman–Crippen MR) is 88.6 cm³/mol. The molecule has 2 rings (SSSR count). The van der Waals surface area contributed by atoms with Crippen molar-refractivity contribution in [2.24, 2.45) is 0 Å². The summed E-state index contributed by atoms with van der Waals surface area (Å²) < 4.78 is 6.58. The van der Waals surface area contributed by atoms with Gasteiger partial charge in [0.1, 0.15) is 0 Å². The van der Waals surface area contributed by atoms with Crippen molar-refractivity contribution in [2.45, 2.75) is 63.9 Å². The molecule has 1 fully saturated rings. The molecule has 2 atom stereocenters. The van der Waals surface area contributed by atoms with E-state index in [1.54, 1.807) is 0 Å². The summed E-state index contributed by atoms with van der Waals surface area (Å²) in [5.74, 6) is 0.124. The Bertz CT molecular complexity index is 493. The maximum absolute atomic E-state index is 11.8. The van der Waals surface area contributed by atoms with Crippen LogP contribution < -0.4 is 5.32 Å². The first-order valence-corrected chi connectivity index (χ1v) is 10.6. The molecule has 21 heavy (non-hydrogen) atoms. The van der Waals surface area contributed by atoms with Crippen molar-refractivity contribution in [3.05, 3.63) is 35.9 Å². The maximum atomic E-state index is 11.8. The number of carbonyl (C=O) groups excluding carboxylic acids is 1. The molecule has 0 aliphatic carbocycles. The average molecular weight is 305 g/mol. The lowest BCUT2D eigenvalue weighted by Crippen LogP contribution is -2.50. The van der Waals surface area contributed by atoms with Gasteiger partial charge in [-0.25, -0.2) is 0 Å². The number of hydrogen-bond donors (Lipinski definition) is 1. The van der Waals surface area contributed by atoms with Gasteiger partial charge in [0.2, 0.25) is 5.91 Å². The molecule has 4 heteroatoms. The summed E-state index contributed by atoms with van der Waals surface area (Å²) in [6.07, 6.45) is 1.44. The molecule has 0 aromatic heterocycles. The molecule has 0 radical (unpaired) electrons. The summed E-state index contributed by atoms with van der Waals surface area (Å²) in [6, 6.07) is 10.1. The van der Waals surface area contributed by atoms with Crippen molar-refractivity contribution in [3.63, 3.8) is 0 Å². The Morgan fingerprint density at radius 3 is 2.38 bits per heavy atom. The largest absolute Gasteiger partial charge is 0.411 e. The Labute approximate surface area is 129 Å². The first kappa shape index (κ1) is 16.2. The maximum Gasteiger partial charge on any atom is 0.220 e. The second-order valence-corrected chi connectivity index (χ2v) is 12.2. The van der Waals surface area contributed by atoms with Crippen LogP contribution in [0.1, 0.15) is 45.2 Å². The molecule has 1 aromatic rings. The molecule has 0 saturated carbocycles. The molecule has 1 aromatic carbocycles. The van der Waals surface area contributed by atoms with Crippen molar-refractivity contribution in [3.8, 4) is 0 Å². The summed E-state index contributed by atoms with van der Waals surface area (Å²) in [5, 5.41) is 3.29. The molecule has 1 N–H and O–H groups in total. The van der Waals surface area contributed by atoms with E-state index in [1.807, 2.05) is 18.2 Å². The van der Waals surface area contributed by atoms with Crippen LogP contribution in [0.3, 0.4) is 0 Å². The smallest absolute Gasteiger partial charge is 0.220 e. The van der Waals surface area contributed by atoms with E-state index < -0.39 is 8.32 Å². The number of amides is 1. The molecule has 0 spiro atoms. The lowest BCUT2D eigenvalue weighted by molar-refractivity contribution is -0.125. The predicted octanol–water partition coefficient (Wildman–Crippen LogP) is 4.03. The standard InChI is InChI=1S/C17H27NO2Si/c1-17(2,3)21(4,5)20-14-11-12-15(19)18-16(14)13-9-7-6-8-10-13/h6-10,14,16H,11-12H2,1-5H3,(H,18,19). The highest BCUT2D eigenvalue weighted by Crippen LogP contribution is 2.40. The van der Waals surface area contributed by atoms with Gasteiger partial charge in [-0.2, -0.15) is 0 Å². The Kier molecular flexibility index (Phi) is 4.59. The lowest BCUT2D eigenvalue weighted by Gasteiger charge is -2.43. The van der Waals surface area contributed by atoms with Gasteiger partial charge >= 0.3 is 0 Å². The monoisotopic (exact) mass is 305 g/mol. The fraction of sp³-hybridized carbons (Fsp3) is 0.588. The van der Waals surface area contributed by atoms with Crippen LogP contribution in [0.2, 0.25) is 18.1 Å². The molecule has 0 bridgehead atoms. The third-order valence-corrected chi connectivity index (χ3v) is 9.26. The van der Waals surface area contributed by atoms with Crippen molar-refractivity contribution in [2.75, 3.05) is 0 Å². The number of hydrogen-bond acceptors (Lipinski definition) is 2. The minimum atomic E-state index is -1.84. The molecule has 3 nitrogen and oxygen atoms in total. The third kappa shape index (κ3) is 3.74. The van der Waals surface area contributed by atoms with E-state index in [1.165, 1.54) is 0 Å². The lowest BCUT2D eigenvalue weighted by atomic mass is 9.94. The Morgan fingerprint density at radius 1 is 1.19 bits per heavy atom. The van der Waals surface area contributed by atoms with Crippen LogP contribution in [-0.4, -0.2) is 20.3 Å². The second-order valence-electron chi connectivity index (χ2n) is 7.41. The fourth-order valence-corrected chi connectivity index (χ4v) is 3.78. The molecular formula is C17H27NO2Si. The quantitative estimate of drug-likeness (QED) is 0.856. The zero-order valence-electron chi connectivity index (χ0n) is 13.8. The molecule has 2 unspecified atom stereocenters. The zero-order chi connectivity index (χ0) is 15.7. The number of rotatable bonds is 3. The van der Waals surface area contributed by atoms with Crippen LogP contribution in [0.25, 0.3) is 0 Å². The van der Waals surface area contributed by atoms with Gasteiger partial charge in [0, 0.05) is 6.42 Å². The Balaban J connectivity index is 2.22. The van der Waals surface area contributed by atoms with Crippen LogP contribution >= 0.6 is 0 Å². The number of carbonyl (C=O) groups is 1. The van der Waals surface area contributed by atoms with Gasteiger partial charge in [0.15, 0.2) is 8.32 Å². The highest BCUT2D eigenvalue weighted by atomic mass is 28.4. The SMILES string of the molecule is CC(C)(C)[Si](C)(C)OC1CCC(=O)NC1c1ccccc1. The van der Waals surface area contributed by atoms with Crippen LogP contribution in [0.5, 0.6) is 0 Å². The molecule has 1 aliphatic heterocycles. The molecule has 1 heterocycles. The molecule has 1 amide bonds. The Hall–Kier alpha value is -1.13. The Morgan fingerprint density at radius 2 is 1.81 bits per heavy atom. The number of benzene rings is 1. The molecule has 1 aliphatic rings. The van der Waals surface area contributed by atoms with Crippen molar-refractivity contribution in [1.29, 1.82) is 0 Å². The minimum absolute atomic E-state index is 0.0263. The number of piperidine rings is 1. The van der Waals surface area contributed by atoms with E-state index in [0.717, 1.165) is 12.0 Å². The molecule has 1 saturated heterocycles. The van der Waals surface area contributed by atoms with Crippen LogP contribution in [0, 0.1) is 0 Å². The van der Waals surface area contributed by atoms with Gasteiger partial charge in [0.25, 0.3) is 0 Å². The summed E-state index contributed by atoms with van der Waals surface area (Å²) in [6.45, 7) is 11.3. The van der Waals surface area contributed by atoms with E-state index in [9.17, 15) is 4.79 Å². The van der Waals surface area contributed by atoms with E-state index in [2.05, 4.69) is 51.3 Å². The average Bonchev–Trinajstić information content (AvgIpc) is 2.40. The van der Waals surface area contributed by atoms with Gasteiger partial charge in [-0.3, -0.25) is 4.79 Å². The fourth-order valence-electron chi connectivity index (χ4n) is 2.42. The summed E-state index contributed by atoms with van der Waals surface area (Å²) >= 11 is 0. The van der Waals surface area contributed by atoms with E-state index in [0.29, 0.717) is 6.42 Å². The minimum Gasteiger partial charge on any atom is -0.411 e. The summed E-state index contributed by atoms with van der Waals surface area (Å²) in [5.41, 5.74) is 1.13. The highest BCUT2D eigenvalue weighted by molar-refractivity contribution is 6.74. The first-order chi connectivity index (χ1) is 9.71. The van der Waals surface area contributed by atoms with E-state index in [4.69, 9.17) is 4.43 Å². The van der Waals surface area contributed by atoms with Gasteiger partial charge < -0.3 is 9.74 Å². The van der Waals surface area contributed by atoms with Crippen LogP contribution in [0.4, 0.5) is 0 Å². The van der Waals surface area contributed by atoms with Gasteiger partial charge in [-0.1, -0.05) is 51.1 Å². The van der Waals surface area contributed by atoms with Gasteiger partial charge in [-0.15, -0.1) is 0 Å².